The number of ether oxygens (including phenoxy) is 2. The zero-order valence-electron chi connectivity index (χ0n) is 21.1. The number of nitrogens with zero attached hydrogens (tertiary/aromatic N) is 1. The predicted octanol–water partition coefficient (Wildman–Crippen LogP) is 6.74. The van der Waals surface area contributed by atoms with Crippen LogP contribution in [0.25, 0.3) is 10.9 Å². The zero-order valence-corrected chi connectivity index (χ0v) is 21.1. The van der Waals surface area contributed by atoms with Crippen LogP contribution in [0.2, 0.25) is 0 Å². The van der Waals surface area contributed by atoms with E-state index in [0.717, 1.165) is 54.4 Å². The van der Waals surface area contributed by atoms with Gasteiger partial charge in [0.05, 0.1) is 18.2 Å². The molecule has 0 spiro atoms. The molecule has 0 aliphatic heterocycles. The molecule has 1 aromatic heterocycles. The van der Waals surface area contributed by atoms with Gasteiger partial charge in [0, 0.05) is 29.1 Å². The standard InChI is InChI=1S/C29H33F2NO4/c1-4-35-27(34)17-32-25-16-21(36-20-7-5-6-8-20)11-12-22(25)28(29(32)18(2)3)26(33)14-10-19-9-13-23(30)24(31)15-19/h9,11-13,15-16,18,20H,4-8,10,14,17H2,1-3H3. The van der Waals surface area contributed by atoms with Gasteiger partial charge >= 0.3 is 5.97 Å². The van der Waals surface area contributed by atoms with Gasteiger partial charge in [-0.15, -0.1) is 0 Å². The normalized spacial score (nSPS) is 14.1. The molecule has 0 amide bonds. The minimum atomic E-state index is -0.927. The number of halogens is 2. The molecule has 36 heavy (non-hydrogen) atoms. The maximum atomic E-state index is 13.7. The molecule has 1 fully saturated rings. The summed E-state index contributed by atoms with van der Waals surface area (Å²) in [4.78, 5) is 26.1. The van der Waals surface area contributed by atoms with Gasteiger partial charge in [-0.2, -0.15) is 0 Å². The average molecular weight is 498 g/mol. The SMILES string of the molecule is CCOC(=O)Cn1c(C(C)C)c(C(=O)CCc2ccc(F)c(F)c2)c2ccc(OC3CCCC3)cc21. The predicted molar refractivity (Wildman–Crippen MR) is 135 cm³/mol. The highest BCUT2D eigenvalue weighted by molar-refractivity contribution is 6.10. The Bertz CT molecular complexity index is 1260. The van der Waals surface area contributed by atoms with E-state index >= 15 is 0 Å². The molecule has 0 saturated heterocycles. The van der Waals surface area contributed by atoms with Crippen molar-refractivity contribution in [2.75, 3.05) is 6.61 Å². The monoisotopic (exact) mass is 497 g/mol. The van der Waals surface area contributed by atoms with Gasteiger partial charge < -0.3 is 14.0 Å². The van der Waals surface area contributed by atoms with Gasteiger partial charge in [-0.1, -0.05) is 19.9 Å². The Labute approximate surface area is 210 Å². The maximum absolute atomic E-state index is 13.7. The largest absolute Gasteiger partial charge is 0.490 e. The third-order valence-corrected chi connectivity index (χ3v) is 6.72. The number of fused-ring (bicyclic) bond motifs is 1. The highest BCUT2D eigenvalue weighted by Crippen LogP contribution is 2.36. The van der Waals surface area contributed by atoms with Crippen LogP contribution in [-0.4, -0.2) is 29.0 Å². The zero-order chi connectivity index (χ0) is 25.8. The van der Waals surface area contributed by atoms with Crippen molar-refractivity contribution in [3.63, 3.8) is 0 Å². The van der Waals surface area contributed by atoms with Crippen molar-refractivity contribution >= 4 is 22.7 Å². The second-order valence-corrected chi connectivity index (χ2v) is 9.68. The first-order valence-corrected chi connectivity index (χ1v) is 12.7. The summed E-state index contributed by atoms with van der Waals surface area (Å²) >= 11 is 0. The van der Waals surface area contributed by atoms with Crippen molar-refractivity contribution in [1.82, 2.24) is 4.57 Å². The number of carbonyl (C=O) groups excluding carboxylic acids is 2. The van der Waals surface area contributed by atoms with Crippen LogP contribution in [0, 0.1) is 11.6 Å². The fourth-order valence-corrected chi connectivity index (χ4v) is 5.10. The smallest absolute Gasteiger partial charge is 0.325 e. The molecule has 2 aromatic carbocycles. The van der Waals surface area contributed by atoms with Crippen LogP contribution in [0.3, 0.4) is 0 Å². The van der Waals surface area contributed by atoms with Crippen molar-refractivity contribution in [2.45, 2.75) is 77.9 Å². The molecule has 1 aliphatic carbocycles. The number of ketones is 1. The van der Waals surface area contributed by atoms with E-state index in [1.165, 1.54) is 6.07 Å². The number of hydrogen-bond acceptors (Lipinski definition) is 4. The van der Waals surface area contributed by atoms with Crippen molar-refractivity contribution in [1.29, 1.82) is 0 Å². The first-order chi connectivity index (χ1) is 17.3. The minimum absolute atomic E-state index is 0.0127. The first-order valence-electron chi connectivity index (χ1n) is 12.7. The average Bonchev–Trinajstić information content (AvgIpc) is 3.46. The molecule has 0 bridgehead atoms. The molecule has 1 aliphatic rings. The summed E-state index contributed by atoms with van der Waals surface area (Å²) in [5.74, 6) is -1.66. The molecule has 192 valence electrons. The molecule has 4 rings (SSSR count). The van der Waals surface area contributed by atoms with E-state index in [0.29, 0.717) is 16.9 Å². The third-order valence-electron chi connectivity index (χ3n) is 6.72. The van der Waals surface area contributed by atoms with E-state index in [2.05, 4.69) is 0 Å². The lowest BCUT2D eigenvalue weighted by Crippen LogP contribution is -2.17. The summed E-state index contributed by atoms with van der Waals surface area (Å²) in [6, 6.07) is 9.37. The van der Waals surface area contributed by atoms with Crippen molar-refractivity contribution in [2.24, 2.45) is 0 Å². The lowest BCUT2D eigenvalue weighted by molar-refractivity contribution is -0.143. The fourth-order valence-electron chi connectivity index (χ4n) is 5.10. The number of Topliss-reactive ketones (excluding diaryl/α,β-unsaturated/α-hetero) is 1. The number of rotatable bonds is 10. The highest BCUT2D eigenvalue weighted by Gasteiger charge is 2.26. The van der Waals surface area contributed by atoms with Gasteiger partial charge in [0.2, 0.25) is 0 Å². The van der Waals surface area contributed by atoms with Crippen LogP contribution in [0.4, 0.5) is 8.78 Å². The molecular weight excluding hydrogens is 464 g/mol. The van der Waals surface area contributed by atoms with Crippen LogP contribution >= 0.6 is 0 Å². The van der Waals surface area contributed by atoms with Gasteiger partial charge in [-0.3, -0.25) is 9.59 Å². The van der Waals surface area contributed by atoms with Gasteiger partial charge in [-0.05, 0) is 74.8 Å². The number of esters is 1. The lowest BCUT2D eigenvalue weighted by atomic mass is 9.96. The Morgan fingerprint density at radius 2 is 1.81 bits per heavy atom. The summed E-state index contributed by atoms with van der Waals surface area (Å²) in [5.41, 5.74) is 2.61. The number of carbonyl (C=O) groups is 2. The summed E-state index contributed by atoms with van der Waals surface area (Å²) in [7, 11) is 0. The molecule has 0 unspecified atom stereocenters. The molecule has 7 heteroatoms. The number of aromatic nitrogens is 1. The second kappa shape index (κ2) is 11.2. The van der Waals surface area contributed by atoms with Crippen LogP contribution in [0.15, 0.2) is 36.4 Å². The van der Waals surface area contributed by atoms with Gasteiger partial charge in [0.15, 0.2) is 17.4 Å². The van der Waals surface area contributed by atoms with E-state index in [1.807, 2.05) is 36.6 Å². The Hall–Kier alpha value is -3.22. The van der Waals surface area contributed by atoms with E-state index in [-0.39, 0.29) is 49.8 Å². The van der Waals surface area contributed by atoms with Gasteiger partial charge in [0.1, 0.15) is 12.3 Å². The number of benzene rings is 2. The molecule has 1 heterocycles. The van der Waals surface area contributed by atoms with Crippen molar-refractivity contribution in [3.05, 3.63) is 64.9 Å². The Morgan fingerprint density at radius 1 is 1.06 bits per heavy atom. The van der Waals surface area contributed by atoms with Gasteiger partial charge in [-0.25, -0.2) is 8.78 Å². The molecule has 1 saturated carbocycles. The molecule has 0 atom stereocenters. The van der Waals surface area contributed by atoms with Crippen LogP contribution in [0.1, 0.15) is 80.4 Å². The van der Waals surface area contributed by atoms with E-state index < -0.39 is 11.6 Å². The first kappa shape index (κ1) is 25.9. The topological polar surface area (TPSA) is 57.5 Å². The molecule has 5 nitrogen and oxygen atoms in total. The second-order valence-electron chi connectivity index (χ2n) is 9.68. The van der Waals surface area contributed by atoms with Crippen LogP contribution in [0.5, 0.6) is 5.75 Å². The Morgan fingerprint density at radius 3 is 2.47 bits per heavy atom. The quantitative estimate of drug-likeness (QED) is 0.230. The molecule has 3 aromatic rings. The highest BCUT2D eigenvalue weighted by atomic mass is 19.2. The molecule has 0 radical (unpaired) electrons. The van der Waals surface area contributed by atoms with Crippen molar-refractivity contribution in [3.8, 4) is 5.75 Å². The molecule has 0 N–H and O–H groups in total. The lowest BCUT2D eigenvalue weighted by Gasteiger charge is -2.15. The van der Waals surface area contributed by atoms with Crippen molar-refractivity contribution < 1.29 is 27.8 Å². The summed E-state index contributed by atoms with van der Waals surface area (Å²) in [6.45, 7) is 5.98. The summed E-state index contributed by atoms with van der Waals surface area (Å²) < 4.78 is 40.3. The Kier molecular flexibility index (Phi) is 8.07. The van der Waals surface area contributed by atoms with Crippen LogP contribution < -0.4 is 4.74 Å². The summed E-state index contributed by atoms with van der Waals surface area (Å²) in [5, 5.41) is 0.747. The fraction of sp³-hybridized carbons (Fsp3) is 0.448. The molecular formula is C29H33F2NO4. The van der Waals surface area contributed by atoms with E-state index in [4.69, 9.17) is 9.47 Å². The number of hydrogen-bond donors (Lipinski definition) is 0. The van der Waals surface area contributed by atoms with E-state index in [9.17, 15) is 18.4 Å². The van der Waals surface area contributed by atoms with Crippen LogP contribution in [-0.2, 0) is 22.5 Å². The van der Waals surface area contributed by atoms with E-state index in [1.54, 1.807) is 6.92 Å². The summed E-state index contributed by atoms with van der Waals surface area (Å²) in [6.07, 6.45) is 4.93. The Balaban J connectivity index is 1.73. The number of aryl methyl sites for hydroxylation is 1. The maximum Gasteiger partial charge on any atom is 0.325 e. The van der Waals surface area contributed by atoms with Gasteiger partial charge in [0.25, 0.3) is 0 Å². The third kappa shape index (κ3) is 5.61. The minimum Gasteiger partial charge on any atom is -0.490 e.